The molecule has 3 nitrogen and oxygen atoms in total. The van der Waals surface area contributed by atoms with E-state index in [9.17, 15) is 0 Å². The Morgan fingerprint density at radius 1 is 1.10 bits per heavy atom. The fourth-order valence-electron chi connectivity index (χ4n) is 2.46. The average molecular weight is 266 g/mol. The SMILES string of the molecule is COc1ccccc1Cn1cnc2cc(C)c(C)cc21. The third-order valence-corrected chi connectivity index (χ3v) is 3.77. The molecule has 20 heavy (non-hydrogen) atoms. The van der Waals surface area contributed by atoms with Crippen LogP contribution in [0, 0.1) is 13.8 Å². The van der Waals surface area contributed by atoms with Crippen LogP contribution in [-0.4, -0.2) is 16.7 Å². The van der Waals surface area contributed by atoms with Gasteiger partial charge in [-0.25, -0.2) is 4.98 Å². The first-order chi connectivity index (χ1) is 9.69. The second-order valence-electron chi connectivity index (χ2n) is 5.11. The summed E-state index contributed by atoms with van der Waals surface area (Å²) in [5.41, 5.74) is 5.94. The molecule has 0 aliphatic rings. The van der Waals surface area contributed by atoms with Gasteiger partial charge in [-0.3, -0.25) is 0 Å². The van der Waals surface area contributed by atoms with E-state index in [1.165, 1.54) is 16.6 Å². The summed E-state index contributed by atoms with van der Waals surface area (Å²) in [6.45, 7) is 5.02. The second-order valence-corrected chi connectivity index (χ2v) is 5.11. The first kappa shape index (κ1) is 12.7. The van der Waals surface area contributed by atoms with Gasteiger partial charge >= 0.3 is 0 Å². The summed E-state index contributed by atoms with van der Waals surface area (Å²) in [5, 5.41) is 0. The van der Waals surface area contributed by atoms with Gasteiger partial charge in [-0.15, -0.1) is 0 Å². The Balaban J connectivity index is 2.05. The van der Waals surface area contributed by atoms with E-state index in [0.717, 1.165) is 23.4 Å². The van der Waals surface area contributed by atoms with E-state index in [1.54, 1.807) is 7.11 Å². The van der Waals surface area contributed by atoms with Crippen molar-refractivity contribution >= 4 is 11.0 Å². The average Bonchev–Trinajstić information content (AvgIpc) is 2.82. The minimum Gasteiger partial charge on any atom is -0.496 e. The molecule has 0 bridgehead atoms. The van der Waals surface area contributed by atoms with E-state index >= 15 is 0 Å². The minimum atomic E-state index is 0.767. The van der Waals surface area contributed by atoms with Crippen LogP contribution in [-0.2, 0) is 6.54 Å². The van der Waals surface area contributed by atoms with Crippen molar-refractivity contribution in [3.63, 3.8) is 0 Å². The van der Waals surface area contributed by atoms with Gasteiger partial charge in [0.05, 0.1) is 31.0 Å². The Bertz CT molecular complexity index is 759. The maximum atomic E-state index is 5.42. The van der Waals surface area contributed by atoms with Gasteiger partial charge in [0, 0.05) is 5.56 Å². The molecular weight excluding hydrogens is 248 g/mol. The first-order valence-corrected chi connectivity index (χ1v) is 6.73. The lowest BCUT2D eigenvalue weighted by molar-refractivity contribution is 0.408. The molecule has 0 saturated heterocycles. The Labute approximate surface area is 118 Å². The molecule has 1 heterocycles. The van der Waals surface area contributed by atoms with E-state index in [0.29, 0.717) is 0 Å². The summed E-state index contributed by atoms with van der Waals surface area (Å²) >= 11 is 0. The molecule has 0 amide bonds. The predicted molar refractivity (Wildman–Crippen MR) is 81.3 cm³/mol. The molecule has 3 heteroatoms. The number of hydrogen-bond donors (Lipinski definition) is 0. The van der Waals surface area contributed by atoms with Gasteiger partial charge in [0.2, 0.25) is 0 Å². The van der Waals surface area contributed by atoms with Crippen molar-refractivity contribution in [1.29, 1.82) is 0 Å². The predicted octanol–water partition coefficient (Wildman–Crippen LogP) is 3.71. The molecule has 3 aromatic rings. The van der Waals surface area contributed by atoms with Gasteiger partial charge in [0.1, 0.15) is 5.75 Å². The fraction of sp³-hybridized carbons (Fsp3) is 0.235. The highest BCUT2D eigenvalue weighted by Crippen LogP contribution is 2.22. The number of para-hydroxylation sites is 1. The van der Waals surface area contributed by atoms with Gasteiger partial charge in [0.25, 0.3) is 0 Å². The van der Waals surface area contributed by atoms with Crippen LogP contribution in [0.2, 0.25) is 0 Å². The highest BCUT2D eigenvalue weighted by molar-refractivity contribution is 5.77. The topological polar surface area (TPSA) is 27.1 Å². The van der Waals surface area contributed by atoms with Crippen LogP contribution in [0.15, 0.2) is 42.7 Å². The molecule has 0 aliphatic heterocycles. The third-order valence-electron chi connectivity index (χ3n) is 3.77. The first-order valence-electron chi connectivity index (χ1n) is 6.73. The number of methoxy groups -OCH3 is 1. The summed E-state index contributed by atoms with van der Waals surface area (Å²) in [6.07, 6.45) is 1.90. The Kier molecular flexibility index (Phi) is 3.18. The van der Waals surface area contributed by atoms with Crippen LogP contribution in [0.3, 0.4) is 0 Å². The van der Waals surface area contributed by atoms with Crippen LogP contribution < -0.4 is 4.74 Å². The van der Waals surface area contributed by atoms with Gasteiger partial charge in [-0.2, -0.15) is 0 Å². The maximum Gasteiger partial charge on any atom is 0.123 e. The molecule has 2 aromatic carbocycles. The molecule has 0 radical (unpaired) electrons. The number of nitrogens with zero attached hydrogens (tertiary/aromatic N) is 2. The van der Waals surface area contributed by atoms with Crippen molar-refractivity contribution in [3.8, 4) is 5.75 Å². The number of benzene rings is 2. The molecule has 102 valence electrons. The zero-order chi connectivity index (χ0) is 14.1. The lowest BCUT2D eigenvalue weighted by Gasteiger charge is -2.10. The second kappa shape index (κ2) is 5.00. The van der Waals surface area contributed by atoms with Gasteiger partial charge in [-0.05, 0) is 43.2 Å². The Hall–Kier alpha value is -2.29. The summed E-state index contributed by atoms with van der Waals surface area (Å²) < 4.78 is 7.58. The van der Waals surface area contributed by atoms with Crippen molar-refractivity contribution in [2.24, 2.45) is 0 Å². The normalized spacial score (nSPS) is 10.9. The molecule has 0 atom stereocenters. The summed E-state index contributed by atoms with van der Waals surface area (Å²) in [4.78, 5) is 4.49. The molecule has 1 aromatic heterocycles. The molecule has 0 N–H and O–H groups in total. The molecule has 0 aliphatic carbocycles. The summed E-state index contributed by atoms with van der Waals surface area (Å²) in [6, 6.07) is 12.4. The number of fused-ring (bicyclic) bond motifs is 1. The summed E-state index contributed by atoms with van der Waals surface area (Å²) in [7, 11) is 1.71. The maximum absolute atomic E-state index is 5.42. The van der Waals surface area contributed by atoms with Crippen molar-refractivity contribution < 1.29 is 4.74 Å². The van der Waals surface area contributed by atoms with Crippen molar-refractivity contribution in [3.05, 3.63) is 59.4 Å². The van der Waals surface area contributed by atoms with Crippen LogP contribution >= 0.6 is 0 Å². The third kappa shape index (κ3) is 2.16. The molecule has 0 fully saturated rings. The number of aromatic nitrogens is 2. The number of ether oxygens (including phenoxy) is 1. The van der Waals surface area contributed by atoms with Crippen LogP contribution in [0.25, 0.3) is 11.0 Å². The highest BCUT2D eigenvalue weighted by Gasteiger charge is 2.08. The van der Waals surface area contributed by atoms with Crippen molar-refractivity contribution in [1.82, 2.24) is 9.55 Å². The van der Waals surface area contributed by atoms with Crippen molar-refractivity contribution in [2.45, 2.75) is 20.4 Å². The number of aryl methyl sites for hydroxylation is 2. The lowest BCUT2D eigenvalue weighted by Crippen LogP contribution is -2.00. The number of hydrogen-bond acceptors (Lipinski definition) is 2. The fourth-order valence-corrected chi connectivity index (χ4v) is 2.46. The largest absolute Gasteiger partial charge is 0.496 e. The number of rotatable bonds is 3. The number of imidazole rings is 1. The zero-order valence-corrected chi connectivity index (χ0v) is 12.1. The highest BCUT2D eigenvalue weighted by atomic mass is 16.5. The van der Waals surface area contributed by atoms with E-state index in [1.807, 2.05) is 24.5 Å². The molecule has 0 spiro atoms. The molecule has 0 unspecified atom stereocenters. The molecule has 3 rings (SSSR count). The van der Waals surface area contributed by atoms with Gasteiger partial charge < -0.3 is 9.30 Å². The van der Waals surface area contributed by atoms with E-state index < -0.39 is 0 Å². The molecular formula is C17H18N2O. The van der Waals surface area contributed by atoms with E-state index in [2.05, 4.69) is 41.6 Å². The van der Waals surface area contributed by atoms with Crippen LogP contribution in [0.1, 0.15) is 16.7 Å². The van der Waals surface area contributed by atoms with E-state index in [4.69, 9.17) is 4.74 Å². The molecule has 0 saturated carbocycles. The quantitative estimate of drug-likeness (QED) is 0.722. The van der Waals surface area contributed by atoms with Gasteiger partial charge in [0.15, 0.2) is 0 Å². The zero-order valence-electron chi connectivity index (χ0n) is 12.1. The van der Waals surface area contributed by atoms with Crippen molar-refractivity contribution in [2.75, 3.05) is 7.11 Å². The minimum absolute atomic E-state index is 0.767. The van der Waals surface area contributed by atoms with Crippen LogP contribution in [0.4, 0.5) is 0 Å². The van der Waals surface area contributed by atoms with Crippen LogP contribution in [0.5, 0.6) is 5.75 Å². The smallest absolute Gasteiger partial charge is 0.123 e. The summed E-state index contributed by atoms with van der Waals surface area (Å²) in [5.74, 6) is 0.915. The van der Waals surface area contributed by atoms with E-state index in [-0.39, 0.29) is 0 Å². The Morgan fingerprint density at radius 2 is 1.85 bits per heavy atom. The Morgan fingerprint density at radius 3 is 2.65 bits per heavy atom. The van der Waals surface area contributed by atoms with Gasteiger partial charge in [-0.1, -0.05) is 18.2 Å². The monoisotopic (exact) mass is 266 g/mol. The lowest BCUT2D eigenvalue weighted by atomic mass is 10.1. The standard InChI is InChI=1S/C17H18N2O/c1-12-8-15-16(9-13(12)2)19(11-18-15)10-14-6-4-5-7-17(14)20-3/h4-9,11H,10H2,1-3H3.